The fraction of sp³-hybridized carbons (Fsp3) is 0.650. The zero-order valence-corrected chi connectivity index (χ0v) is 20.9. The second-order valence-corrected chi connectivity index (χ2v) is 9.88. The van der Waals surface area contributed by atoms with Crippen LogP contribution in [0.5, 0.6) is 0 Å². The number of sulfonamides is 1. The van der Waals surface area contributed by atoms with E-state index in [0.717, 1.165) is 63.6 Å². The molecule has 0 saturated carbocycles. The molecule has 1 heterocycles. The molecule has 1 fully saturated rings. The Bertz CT molecular complexity index is 818. The number of amides is 2. The molecule has 0 spiro atoms. The third-order valence-electron chi connectivity index (χ3n) is 6.09. The van der Waals surface area contributed by atoms with Gasteiger partial charge in [-0.05, 0) is 79.4 Å². The molecule has 3 aliphatic rings. The summed E-state index contributed by atoms with van der Waals surface area (Å²) in [6.45, 7) is 3.99. The van der Waals surface area contributed by atoms with Gasteiger partial charge in [0.1, 0.15) is 0 Å². The van der Waals surface area contributed by atoms with Crippen LogP contribution in [0.1, 0.15) is 54.9 Å². The molecule has 0 aromatic heterocycles. The number of nitrogens with one attached hydrogen (secondary N) is 1. The third-order valence-corrected chi connectivity index (χ3v) is 7.65. The molecule has 0 bridgehead atoms. The standard InChI is InChI=1S/C20H29N3O3S.K/c1-2-3-10-23-12-16(13-23)27(25,26)22-20(24)21-19-17-8-4-6-14(17)11-15-7-5-9-18(15)19;/h11,16H,2-10,12-13H2,1H3,(H2,21,22,24);/q;+1/p-1. The number of fused-ring (bicyclic) bond motifs is 2. The van der Waals surface area contributed by atoms with Crippen molar-refractivity contribution in [2.75, 3.05) is 25.0 Å². The molecule has 0 radical (unpaired) electrons. The Hall–Kier alpha value is 0.0364. The van der Waals surface area contributed by atoms with Crippen LogP contribution in [0.25, 0.3) is 4.72 Å². The summed E-state index contributed by atoms with van der Waals surface area (Å²) >= 11 is 0. The molecule has 28 heavy (non-hydrogen) atoms. The summed E-state index contributed by atoms with van der Waals surface area (Å²) in [6.07, 6.45) is 8.30. The van der Waals surface area contributed by atoms with E-state index in [1.165, 1.54) is 22.3 Å². The largest absolute Gasteiger partial charge is 1.00 e. The van der Waals surface area contributed by atoms with Crippen LogP contribution in [-0.4, -0.2) is 44.2 Å². The molecule has 1 N–H and O–H groups in total. The number of hydrogen-bond donors (Lipinski definition) is 1. The number of aryl methyl sites for hydroxylation is 2. The minimum Gasteiger partial charge on any atom is -0.423 e. The Labute approximate surface area is 210 Å². The topological polar surface area (TPSA) is 80.6 Å². The number of carbonyl (C=O) groups is 1. The molecular weight excluding hydrogens is 401 g/mol. The number of carbonyl (C=O) groups excluding carboxylic acids is 1. The van der Waals surface area contributed by atoms with Gasteiger partial charge in [0.15, 0.2) is 16.1 Å². The molecule has 1 aliphatic heterocycles. The normalized spacial score (nSPS) is 18.8. The number of benzene rings is 1. The quantitative estimate of drug-likeness (QED) is 0.664. The van der Waals surface area contributed by atoms with E-state index in [4.69, 9.17) is 0 Å². The van der Waals surface area contributed by atoms with Gasteiger partial charge in [-0.25, -0.2) is 8.42 Å². The van der Waals surface area contributed by atoms with Gasteiger partial charge in [0.25, 0.3) is 0 Å². The number of likely N-dealkylation sites (tertiary alicyclic amines) is 1. The van der Waals surface area contributed by atoms with Crippen molar-refractivity contribution in [3.63, 3.8) is 0 Å². The summed E-state index contributed by atoms with van der Waals surface area (Å²) in [5.74, 6) is 0. The van der Waals surface area contributed by atoms with Crippen LogP contribution < -0.4 is 56.7 Å². The maximum atomic E-state index is 12.5. The van der Waals surface area contributed by atoms with E-state index >= 15 is 0 Å². The van der Waals surface area contributed by atoms with Gasteiger partial charge >= 0.3 is 51.4 Å². The van der Waals surface area contributed by atoms with Crippen molar-refractivity contribution < 1.29 is 64.6 Å². The molecule has 148 valence electrons. The first-order valence-electron chi connectivity index (χ1n) is 10.1. The molecular formula is C20H28KN3O3S. The first-order valence-corrected chi connectivity index (χ1v) is 11.6. The van der Waals surface area contributed by atoms with E-state index in [0.29, 0.717) is 13.1 Å². The van der Waals surface area contributed by atoms with Crippen LogP contribution in [0, 0.1) is 0 Å². The molecule has 0 unspecified atom stereocenters. The van der Waals surface area contributed by atoms with Crippen LogP contribution in [0.4, 0.5) is 10.5 Å². The summed E-state index contributed by atoms with van der Waals surface area (Å²) in [5.41, 5.74) is 5.83. The summed E-state index contributed by atoms with van der Waals surface area (Å²) in [7, 11) is -3.76. The summed E-state index contributed by atoms with van der Waals surface area (Å²) < 4.78 is 28.5. The van der Waals surface area contributed by atoms with E-state index in [-0.39, 0.29) is 51.4 Å². The van der Waals surface area contributed by atoms with Gasteiger partial charge in [-0.1, -0.05) is 19.4 Å². The number of urea groups is 1. The van der Waals surface area contributed by atoms with Crippen molar-refractivity contribution in [1.82, 2.24) is 4.90 Å². The van der Waals surface area contributed by atoms with Crippen molar-refractivity contribution in [3.05, 3.63) is 33.0 Å². The molecule has 0 atom stereocenters. The monoisotopic (exact) mass is 429 g/mol. The number of nitrogens with zero attached hydrogens (tertiary/aromatic N) is 2. The zero-order valence-electron chi connectivity index (χ0n) is 17.0. The van der Waals surface area contributed by atoms with E-state index in [1.54, 1.807) is 0 Å². The Balaban J connectivity index is 0.00000225. The first kappa shape index (κ1) is 22.7. The van der Waals surface area contributed by atoms with Crippen molar-refractivity contribution in [1.29, 1.82) is 0 Å². The predicted molar refractivity (Wildman–Crippen MR) is 107 cm³/mol. The van der Waals surface area contributed by atoms with Crippen molar-refractivity contribution in [2.24, 2.45) is 0 Å². The maximum Gasteiger partial charge on any atom is 1.00 e. The smallest absolute Gasteiger partial charge is 0.423 e. The molecule has 1 aromatic carbocycles. The van der Waals surface area contributed by atoms with Crippen LogP contribution >= 0.6 is 0 Å². The molecule has 1 saturated heterocycles. The summed E-state index contributed by atoms with van der Waals surface area (Å²) in [6, 6.07) is 1.55. The van der Waals surface area contributed by atoms with E-state index < -0.39 is 21.3 Å². The van der Waals surface area contributed by atoms with Gasteiger partial charge in [0.05, 0.1) is 5.25 Å². The third kappa shape index (κ3) is 4.68. The Morgan fingerprint density at radius 3 is 2.32 bits per heavy atom. The zero-order chi connectivity index (χ0) is 19.0. The summed E-state index contributed by atoms with van der Waals surface area (Å²) in [5, 5.41) is 2.30. The fourth-order valence-electron chi connectivity index (χ4n) is 4.56. The molecule has 4 rings (SSSR count). The second-order valence-electron chi connectivity index (χ2n) is 8.01. The van der Waals surface area contributed by atoms with Crippen LogP contribution in [0.15, 0.2) is 6.07 Å². The van der Waals surface area contributed by atoms with E-state index in [1.807, 2.05) is 0 Å². The van der Waals surface area contributed by atoms with E-state index in [2.05, 4.69) is 27.9 Å². The molecule has 8 heteroatoms. The Morgan fingerprint density at radius 2 is 1.75 bits per heavy atom. The average Bonchev–Trinajstić information content (AvgIpc) is 3.21. The van der Waals surface area contributed by atoms with Gasteiger partial charge in [-0.2, -0.15) is 0 Å². The van der Waals surface area contributed by atoms with Crippen LogP contribution in [0.3, 0.4) is 0 Å². The minimum absolute atomic E-state index is 0. The minimum atomic E-state index is -3.76. The first-order chi connectivity index (χ1) is 13.0. The fourth-order valence-corrected chi connectivity index (χ4v) is 5.79. The average molecular weight is 430 g/mol. The van der Waals surface area contributed by atoms with Gasteiger partial charge in [0.2, 0.25) is 0 Å². The molecule has 1 aromatic rings. The second kappa shape index (κ2) is 9.45. The molecule has 2 aliphatic carbocycles. The van der Waals surface area contributed by atoms with Gasteiger partial charge in [-0.15, -0.1) is 0 Å². The number of unbranched alkanes of at least 4 members (excludes halogenated alkanes) is 1. The van der Waals surface area contributed by atoms with Crippen molar-refractivity contribution >= 4 is 21.7 Å². The summed E-state index contributed by atoms with van der Waals surface area (Å²) in [4.78, 5) is 14.6. The van der Waals surface area contributed by atoms with Gasteiger partial charge < -0.3 is 14.9 Å². The Kier molecular flexibility index (Phi) is 7.67. The van der Waals surface area contributed by atoms with Gasteiger partial charge in [-0.3, -0.25) is 4.79 Å². The Morgan fingerprint density at radius 1 is 1.14 bits per heavy atom. The van der Waals surface area contributed by atoms with Crippen molar-refractivity contribution in [3.8, 4) is 0 Å². The number of hydrogen-bond acceptors (Lipinski definition) is 4. The molecule has 6 nitrogen and oxygen atoms in total. The van der Waals surface area contributed by atoms with E-state index in [9.17, 15) is 13.2 Å². The SMILES string of the molecule is CCCCN1CC(S(=O)(=O)[N-]C(=O)Nc2c3c(cc4c2CCC4)CCC3)C1.[K+]. The maximum absolute atomic E-state index is 12.5. The van der Waals surface area contributed by atoms with Gasteiger partial charge in [0, 0.05) is 13.1 Å². The van der Waals surface area contributed by atoms with Crippen LogP contribution in [-0.2, 0) is 35.7 Å². The van der Waals surface area contributed by atoms with Crippen LogP contribution in [0.2, 0.25) is 0 Å². The number of rotatable bonds is 6. The molecule has 2 amide bonds. The predicted octanol–water partition coefficient (Wildman–Crippen LogP) is 0.388. The number of anilines is 1. The van der Waals surface area contributed by atoms with Crippen molar-refractivity contribution in [2.45, 2.75) is 63.5 Å².